The minimum Gasteiger partial charge on any atom is -0.530 e. The summed E-state index contributed by atoms with van der Waals surface area (Å²) in [7, 11) is 0. The van der Waals surface area contributed by atoms with Gasteiger partial charge in [-0.1, -0.05) is 29.3 Å². The van der Waals surface area contributed by atoms with Crippen LogP contribution in [0.2, 0.25) is 0 Å². The van der Waals surface area contributed by atoms with Crippen LogP contribution in [0.5, 0.6) is 0 Å². The van der Waals surface area contributed by atoms with E-state index in [2.05, 4.69) is 5.32 Å². The molecule has 0 aliphatic carbocycles. The van der Waals surface area contributed by atoms with Gasteiger partial charge in [-0.3, -0.25) is 0 Å². The number of carboxylic acid groups (broad SMARTS) is 1. The number of carbonyl (C=O) groups excluding carboxylic acids is 1. The summed E-state index contributed by atoms with van der Waals surface area (Å²) in [5, 5.41) is 12.3. The highest BCUT2D eigenvalue weighted by molar-refractivity contribution is 5.61. The highest BCUT2D eigenvalue weighted by Crippen LogP contribution is 2.08. The van der Waals surface area contributed by atoms with Crippen LogP contribution >= 0.6 is 0 Å². The molecule has 1 N–H and O–H groups in total. The molecule has 0 aliphatic heterocycles. The van der Waals surface area contributed by atoms with E-state index in [1.165, 1.54) is 0 Å². The Morgan fingerprint density at radius 1 is 1.31 bits per heavy atom. The lowest BCUT2D eigenvalue weighted by molar-refractivity contribution is -0.251. The van der Waals surface area contributed by atoms with Gasteiger partial charge >= 0.3 is 0 Å². The SMILES string of the molecule is Cc1cc(C)cc(CNC(=O)[O-])c1. The van der Waals surface area contributed by atoms with Gasteiger partial charge in [-0.25, -0.2) is 0 Å². The van der Waals surface area contributed by atoms with Crippen LogP contribution in [0.1, 0.15) is 16.7 Å². The van der Waals surface area contributed by atoms with E-state index in [1.807, 2.05) is 32.0 Å². The molecular formula is C10H12NO2-. The summed E-state index contributed by atoms with van der Waals surface area (Å²) in [6, 6.07) is 5.94. The quantitative estimate of drug-likeness (QED) is 0.726. The van der Waals surface area contributed by atoms with Gasteiger partial charge in [0.1, 0.15) is 6.09 Å². The van der Waals surface area contributed by atoms with Crippen molar-refractivity contribution in [1.82, 2.24) is 5.32 Å². The van der Waals surface area contributed by atoms with Gasteiger partial charge in [0.15, 0.2) is 0 Å². The zero-order chi connectivity index (χ0) is 9.84. The molecule has 1 amide bonds. The second-order valence-corrected chi connectivity index (χ2v) is 3.14. The lowest BCUT2D eigenvalue weighted by Gasteiger charge is -2.08. The number of amides is 1. The smallest absolute Gasteiger partial charge is 0.134 e. The first-order chi connectivity index (χ1) is 6.08. The molecule has 0 fully saturated rings. The summed E-state index contributed by atoms with van der Waals surface area (Å²) in [6.45, 7) is 4.27. The number of rotatable bonds is 2. The van der Waals surface area contributed by atoms with Crippen molar-refractivity contribution in [3.8, 4) is 0 Å². The molecular weight excluding hydrogens is 166 g/mol. The number of nitrogens with one attached hydrogen (secondary N) is 1. The molecule has 0 heterocycles. The lowest BCUT2D eigenvalue weighted by atomic mass is 10.1. The molecule has 0 unspecified atom stereocenters. The molecule has 1 rings (SSSR count). The number of hydrogen-bond donors (Lipinski definition) is 1. The molecule has 0 aliphatic rings. The molecule has 3 heteroatoms. The second-order valence-electron chi connectivity index (χ2n) is 3.14. The summed E-state index contributed by atoms with van der Waals surface area (Å²) in [5.41, 5.74) is 3.23. The van der Waals surface area contributed by atoms with Crippen LogP contribution in [0.15, 0.2) is 18.2 Å². The van der Waals surface area contributed by atoms with Gasteiger partial charge in [-0.15, -0.1) is 0 Å². The largest absolute Gasteiger partial charge is 0.530 e. The van der Waals surface area contributed by atoms with Crippen LogP contribution in [0.3, 0.4) is 0 Å². The summed E-state index contributed by atoms with van der Waals surface area (Å²) in [5.74, 6) is 0. The van der Waals surface area contributed by atoms with Crippen LogP contribution in [0, 0.1) is 13.8 Å². The Morgan fingerprint density at radius 2 is 1.85 bits per heavy atom. The summed E-state index contributed by atoms with van der Waals surface area (Å²) >= 11 is 0. The summed E-state index contributed by atoms with van der Waals surface area (Å²) in [4.78, 5) is 10.1. The van der Waals surface area contributed by atoms with E-state index in [0.717, 1.165) is 16.7 Å². The van der Waals surface area contributed by atoms with E-state index in [4.69, 9.17) is 0 Å². The Balaban J connectivity index is 2.71. The first-order valence-electron chi connectivity index (χ1n) is 4.10. The Labute approximate surface area is 77.4 Å². The predicted molar refractivity (Wildman–Crippen MR) is 48.2 cm³/mol. The van der Waals surface area contributed by atoms with Crippen LogP contribution < -0.4 is 10.4 Å². The number of carbonyl (C=O) groups is 1. The lowest BCUT2D eigenvalue weighted by Crippen LogP contribution is -2.35. The van der Waals surface area contributed by atoms with E-state index in [1.54, 1.807) is 0 Å². The molecule has 1 aromatic carbocycles. The van der Waals surface area contributed by atoms with Crippen molar-refractivity contribution < 1.29 is 9.90 Å². The molecule has 0 spiro atoms. The fourth-order valence-corrected chi connectivity index (χ4v) is 1.35. The summed E-state index contributed by atoms with van der Waals surface area (Å²) in [6.07, 6.45) is -1.24. The van der Waals surface area contributed by atoms with Crippen LogP contribution in [0.25, 0.3) is 0 Å². The van der Waals surface area contributed by atoms with E-state index in [9.17, 15) is 9.90 Å². The number of aryl methyl sites for hydroxylation is 2. The van der Waals surface area contributed by atoms with Crippen molar-refractivity contribution in [3.63, 3.8) is 0 Å². The minimum absolute atomic E-state index is 0.310. The van der Waals surface area contributed by atoms with Gasteiger partial charge in [0.05, 0.1) is 0 Å². The molecule has 0 aromatic heterocycles. The Hall–Kier alpha value is -1.51. The molecule has 3 nitrogen and oxygen atoms in total. The molecule has 0 bridgehead atoms. The van der Waals surface area contributed by atoms with Crippen molar-refractivity contribution in [2.24, 2.45) is 0 Å². The fourth-order valence-electron chi connectivity index (χ4n) is 1.35. The van der Waals surface area contributed by atoms with Crippen molar-refractivity contribution >= 4 is 6.09 Å². The number of hydrogen-bond acceptors (Lipinski definition) is 2. The van der Waals surface area contributed by atoms with Crippen molar-refractivity contribution in [2.75, 3.05) is 0 Å². The third kappa shape index (κ3) is 3.15. The third-order valence-electron chi connectivity index (χ3n) is 1.72. The van der Waals surface area contributed by atoms with E-state index < -0.39 is 6.09 Å². The van der Waals surface area contributed by atoms with Crippen LogP contribution in [-0.4, -0.2) is 6.09 Å². The Morgan fingerprint density at radius 3 is 2.31 bits per heavy atom. The predicted octanol–water partition coefficient (Wildman–Crippen LogP) is 0.736. The van der Waals surface area contributed by atoms with Crippen molar-refractivity contribution in [1.29, 1.82) is 0 Å². The highest BCUT2D eigenvalue weighted by Gasteiger charge is 1.94. The molecule has 13 heavy (non-hydrogen) atoms. The van der Waals surface area contributed by atoms with Gasteiger partial charge in [-0.05, 0) is 19.4 Å². The van der Waals surface area contributed by atoms with Gasteiger partial charge in [-0.2, -0.15) is 0 Å². The maximum Gasteiger partial charge on any atom is 0.134 e. The van der Waals surface area contributed by atoms with Crippen LogP contribution in [-0.2, 0) is 6.54 Å². The zero-order valence-corrected chi connectivity index (χ0v) is 7.76. The first kappa shape index (κ1) is 9.58. The molecule has 1 aromatic rings. The molecule has 0 saturated heterocycles. The molecule has 0 radical (unpaired) electrons. The zero-order valence-electron chi connectivity index (χ0n) is 7.76. The number of benzene rings is 1. The molecule has 0 saturated carbocycles. The molecule has 70 valence electrons. The molecule has 0 atom stereocenters. The van der Waals surface area contributed by atoms with Gasteiger partial charge in [0.2, 0.25) is 0 Å². The van der Waals surface area contributed by atoms with Gasteiger partial charge in [0, 0.05) is 6.54 Å². The van der Waals surface area contributed by atoms with Crippen molar-refractivity contribution in [2.45, 2.75) is 20.4 Å². The van der Waals surface area contributed by atoms with E-state index in [-0.39, 0.29) is 0 Å². The topological polar surface area (TPSA) is 52.2 Å². The maximum atomic E-state index is 10.1. The first-order valence-corrected chi connectivity index (χ1v) is 4.10. The van der Waals surface area contributed by atoms with Crippen LogP contribution in [0.4, 0.5) is 4.79 Å². The van der Waals surface area contributed by atoms with Gasteiger partial charge < -0.3 is 15.2 Å². The van der Waals surface area contributed by atoms with Gasteiger partial charge in [0.25, 0.3) is 0 Å². The normalized spacial score (nSPS) is 9.69. The minimum atomic E-state index is -1.24. The van der Waals surface area contributed by atoms with E-state index >= 15 is 0 Å². The second kappa shape index (κ2) is 3.94. The average Bonchev–Trinajstić information content (AvgIpc) is 1.99. The average molecular weight is 178 g/mol. The summed E-state index contributed by atoms with van der Waals surface area (Å²) < 4.78 is 0. The monoisotopic (exact) mass is 178 g/mol. The maximum absolute atomic E-state index is 10.1. The Bertz CT molecular complexity index is 300. The fraction of sp³-hybridized carbons (Fsp3) is 0.300. The standard InChI is InChI=1S/C10H13NO2/c1-7-3-8(2)5-9(4-7)6-11-10(12)13/h3-5,11H,6H2,1-2H3,(H,12,13)/p-1. The Kier molecular flexibility index (Phi) is 2.90. The highest BCUT2D eigenvalue weighted by atomic mass is 16.4. The van der Waals surface area contributed by atoms with E-state index in [0.29, 0.717) is 6.54 Å². The third-order valence-corrected chi connectivity index (χ3v) is 1.72. The van der Waals surface area contributed by atoms with Crippen molar-refractivity contribution in [3.05, 3.63) is 34.9 Å².